The molecule has 27 heavy (non-hydrogen) atoms. The SMILES string of the molecule is C=C1CCC(N2C(=O)c3cccc(CN(C)C(=O)C4CC4)c3C2=O)C(=O)C1. The smallest absolute Gasteiger partial charge is 0.262 e. The van der Waals surface area contributed by atoms with Crippen LogP contribution >= 0.6 is 0 Å². The van der Waals surface area contributed by atoms with Crippen molar-refractivity contribution in [3.8, 4) is 0 Å². The Morgan fingerprint density at radius 3 is 2.59 bits per heavy atom. The first-order valence-corrected chi connectivity index (χ1v) is 9.32. The minimum atomic E-state index is -0.721. The molecular formula is C21H22N2O4. The fourth-order valence-electron chi connectivity index (χ4n) is 3.99. The lowest BCUT2D eigenvalue weighted by molar-refractivity contribution is -0.131. The molecule has 0 spiro atoms. The summed E-state index contributed by atoms with van der Waals surface area (Å²) < 4.78 is 0. The molecule has 2 fully saturated rings. The molecule has 2 aliphatic carbocycles. The molecule has 1 atom stereocenters. The molecule has 0 aromatic heterocycles. The second kappa shape index (κ2) is 6.44. The van der Waals surface area contributed by atoms with Crippen LogP contribution in [-0.4, -0.2) is 46.4 Å². The summed E-state index contributed by atoms with van der Waals surface area (Å²) >= 11 is 0. The fourth-order valence-corrected chi connectivity index (χ4v) is 3.99. The molecule has 3 amide bonds. The van der Waals surface area contributed by atoms with E-state index in [-0.39, 0.29) is 30.6 Å². The van der Waals surface area contributed by atoms with Crippen LogP contribution in [0.3, 0.4) is 0 Å². The third-order valence-corrected chi connectivity index (χ3v) is 5.62. The topological polar surface area (TPSA) is 74.8 Å². The number of carbonyl (C=O) groups is 4. The minimum absolute atomic E-state index is 0.0715. The Morgan fingerprint density at radius 1 is 1.19 bits per heavy atom. The number of benzene rings is 1. The summed E-state index contributed by atoms with van der Waals surface area (Å²) in [6.07, 6.45) is 3.10. The second-order valence-electron chi connectivity index (χ2n) is 7.74. The summed E-state index contributed by atoms with van der Waals surface area (Å²) in [5.41, 5.74) is 2.14. The highest BCUT2D eigenvalue weighted by Gasteiger charge is 2.44. The second-order valence-corrected chi connectivity index (χ2v) is 7.74. The monoisotopic (exact) mass is 366 g/mol. The van der Waals surface area contributed by atoms with Crippen LogP contribution in [0, 0.1) is 5.92 Å². The maximum Gasteiger partial charge on any atom is 0.262 e. The number of Topliss-reactive ketones (excluding diaryl/α,β-unsaturated/α-hetero) is 1. The zero-order chi connectivity index (χ0) is 19.3. The summed E-state index contributed by atoms with van der Waals surface area (Å²) in [6.45, 7) is 4.12. The van der Waals surface area contributed by atoms with Crippen molar-refractivity contribution >= 4 is 23.5 Å². The van der Waals surface area contributed by atoms with Crippen molar-refractivity contribution in [3.05, 3.63) is 47.0 Å². The number of fused-ring (bicyclic) bond motifs is 1. The Balaban J connectivity index is 1.62. The normalized spacial score (nSPS) is 22.3. The zero-order valence-electron chi connectivity index (χ0n) is 15.4. The van der Waals surface area contributed by atoms with Gasteiger partial charge in [0.1, 0.15) is 0 Å². The van der Waals surface area contributed by atoms with E-state index in [0.29, 0.717) is 29.5 Å². The number of amides is 3. The predicted octanol–water partition coefficient (Wildman–Crippen LogP) is 2.33. The molecule has 2 saturated carbocycles. The molecule has 1 aromatic carbocycles. The van der Waals surface area contributed by atoms with Gasteiger partial charge in [0, 0.05) is 25.9 Å². The number of nitrogens with zero attached hydrogens (tertiary/aromatic N) is 2. The highest BCUT2D eigenvalue weighted by atomic mass is 16.2. The number of imide groups is 1. The van der Waals surface area contributed by atoms with Crippen LogP contribution in [0.15, 0.2) is 30.4 Å². The Morgan fingerprint density at radius 2 is 1.93 bits per heavy atom. The van der Waals surface area contributed by atoms with Crippen molar-refractivity contribution in [2.24, 2.45) is 5.92 Å². The molecule has 0 N–H and O–H groups in total. The molecule has 0 saturated heterocycles. The third kappa shape index (κ3) is 2.99. The van der Waals surface area contributed by atoms with Crippen molar-refractivity contribution in [1.82, 2.24) is 9.80 Å². The maximum absolute atomic E-state index is 13.1. The first-order valence-electron chi connectivity index (χ1n) is 9.32. The highest BCUT2D eigenvalue weighted by molar-refractivity contribution is 6.23. The van der Waals surface area contributed by atoms with Gasteiger partial charge in [0.15, 0.2) is 5.78 Å². The molecule has 1 heterocycles. The number of rotatable bonds is 4. The first-order chi connectivity index (χ1) is 12.9. The van der Waals surface area contributed by atoms with Gasteiger partial charge in [-0.05, 0) is 37.3 Å². The lowest BCUT2D eigenvalue weighted by atomic mass is 9.89. The van der Waals surface area contributed by atoms with E-state index in [1.54, 1.807) is 30.1 Å². The Kier molecular flexibility index (Phi) is 4.21. The molecule has 1 aromatic rings. The van der Waals surface area contributed by atoms with Crippen LogP contribution < -0.4 is 0 Å². The molecular weight excluding hydrogens is 344 g/mol. The van der Waals surface area contributed by atoms with Gasteiger partial charge >= 0.3 is 0 Å². The van der Waals surface area contributed by atoms with Gasteiger partial charge in [0.2, 0.25) is 5.91 Å². The number of hydrogen-bond acceptors (Lipinski definition) is 4. The molecule has 6 heteroatoms. The van der Waals surface area contributed by atoms with Crippen molar-refractivity contribution in [3.63, 3.8) is 0 Å². The standard InChI is InChI=1S/C21H22N2O4/c1-12-6-9-16(17(24)10-12)23-20(26)15-5-3-4-14(18(15)21(23)27)11-22(2)19(25)13-7-8-13/h3-5,13,16H,1,6-11H2,2H3. The van der Waals surface area contributed by atoms with E-state index >= 15 is 0 Å². The molecule has 0 bridgehead atoms. The van der Waals surface area contributed by atoms with Gasteiger partial charge in [-0.1, -0.05) is 24.3 Å². The molecule has 6 nitrogen and oxygen atoms in total. The number of allylic oxidation sites excluding steroid dienone is 1. The molecule has 1 aliphatic heterocycles. The van der Waals surface area contributed by atoms with Crippen molar-refractivity contribution in [1.29, 1.82) is 0 Å². The maximum atomic E-state index is 13.1. The molecule has 140 valence electrons. The Bertz CT molecular complexity index is 884. The lowest BCUT2D eigenvalue weighted by Crippen LogP contribution is -2.46. The van der Waals surface area contributed by atoms with Crippen molar-refractivity contribution < 1.29 is 19.2 Å². The molecule has 0 radical (unpaired) electrons. The fraction of sp³-hybridized carbons (Fsp3) is 0.429. The highest BCUT2D eigenvalue weighted by Crippen LogP contribution is 2.34. The van der Waals surface area contributed by atoms with Gasteiger partial charge in [-0.15, -0.1) is 0 Å². The predicted molar refractivity (Wildman–Crippen MR) is 97.9 cm³/mol. The summed E-state index contributed by atoms with van der Waals surface area (Å²) in [5.74, 6) is -0.818. The van der Waals surface area contributed by atoms with Crippen LogP contribution in [-0.2, 0) is 16.1 Å². The van der Waals surface area contributed by atoms with Crippen molar-refractivity contribution in [2.75, 3.05) is 7.05 Å². The van der Waals surface area contributed by atoms with Crippen LogP contribution in [0.5, 0.6) is 0 Å². The van der Waals surface area contributed by atoms with Crippen LogP contribution in [0.1, 0.15) is 58.4 Å². The van der Waals surface area contributed by atoms with Crippen LogP contribution in [0.25, 0.3) is 0 Å². The van der Waals surface area contributed by atoms with Gasteiger partial charge in [-0.25, -0.2) is 0 Å². The third-order valence-electron chi connectivity index (χ3n) is 5.62. The number of carbonyl (C=O) groups excluding carboxylic acids is 4. The Hall–Kier alpha value is -2.76. The van der Waals surface area contributed by atoms with Crippen LogP contribution in [0.2, 0.25) is 0 Å². The average molecular weight is 366 g/mol. The lowest BCUT2D eigenvalue weighted by Gasteiger charge is -2.29. The van der Waals surface area contributed by atoms with E-state index in [1.807, 2.05) is 0 Å². The van der Waals surface area contributed by atoms with Gasteiger partial charge in [0.25, 0.3) is 11.8 Å². The minimum Gasteiger partial charge on any atom is -0.341 e. The molecule has 4 rings (SSSR count). The summed E-state index contributed by atoms with van der Waals surface area (Å²) in [5, 5.41) is 0. The van der Waals surface area contributed by atoms with E-state index in [4.69, 9.17) is 0 Å². The van der Waals surface area contributed by atoms with Gasteiger partial charge in [0.05, 0.1) is 17.2 Å². The largest absolute Gasteiger partial charge is 0.341 e. The van der Waals surface area contributed by atoms with Gasteiger partial charge in [-0.3, -0.25) is 24.1 Å². The van der Waals surface area contributed by atoms with Crippen LogP contribution in [0.4, 0.5) is 0 Å². The van der Waals surface area contributed by atoms with E-state index < -0.39 is 17.9 Å². The molecule has 3 aliphatic rings. The van der Waals surface area contributed by atoms with E-state index in [0.717, 1.165) is 23.3 Å². The number of hydrogen-bond donors (Lipinski definition) is 0. The zero-order valence-corrected chi connectivity index (χ0v) is 15.4. The quantitative estimate of drug-likeness (QED) is 0.605. The number of ketones is 1. The Labute approximate surface area is 157 Å². The molecule has 1 unspecified atom stereocenters. The summed E-state index contributed by atoms with van der Waals surface area (Å²) in [6, 6.07) is 4.40. The van der Waals surface area contributed by atoms with E-state index in [1.165, 1.54) is 0 Å². The van der Waals surface area contributed by atoms with Gasteiger partial charge < -0.3 is 4.90 Å². The van der Waals surface area contributed by atoms with E-state index in [9.17, 15) is 19.2 Å². The van der Waals surface area contributed by atoms with Gasteiger partial charge in [-0.2, -0.15) is 0 Å². The summed E-state index contributed by atoms with van der Waals surface area (Å²) in [4.78, 5) is 53.3. The summed E-state index contributed by atoms with van der Waals surface area (Å²) in [7, 11) is 1.72. The van der Waals surface area contributed by atoms with E-state index in [2.05, 4.69) is 6.58 Å². The van der Waals surface area contributed by atoms with Crippen molar-refractivity contribution in [2.45, 2.75) is 44.7 Å². The first kappa shape index (κ1) is 17.6. The average Bonchev–Trinajstić information content (AvgIpc) is 3.44.